The summed E-state index contributed by atoms with van der Waals surface area (Å²) in [5.41, 5.74) is -0.728. The molecule has 0 aromatic heterocycles. The molecule has 0 aliphatic carbocycles. The quantitative estimate of drug-likeness (QED) is 0.404. The van der Waals surface area contributed by atoms with Crippen molar-refractivity contribution >= 4 is 0 Å². The van der Waals surface area contributed by atoms with E-state index in [2.05, 4.69) is 0 Å². The number of rotatable bonds is 4. The van der Waals surface area contributed by atoms with Gasteiger partial charge in [0.25, 0.3) is 0 Å². The van der Waals surface area contributed by atoms with Gasteiger partial charge in [-0.15, -0.1) is 0 Å². The van der Waals surface area contributed by atoms with Crippen molar-refractivity contribution in [1.82, 2.24) is 0 Å². The summed E-state index contributed by atoms with van der Waals surface area (Å²) < 4.78 is 0. The number of aliphatic hydroxyl groups is 5. The average Bonchev–Trinajstić information content (AvgIpc) is 1.99. The molecule has 0 aliphatic heterocycles. The predicted octanol–water partition coefficient (Wildman–Crippen LogP) is -1.14. The van der Waals surface area contributed by atoms with Gasteiger partial charge in [0.05, 0.1) is 24.9 Å². The third-order valence-corrected chi connectivity index (χ3v) is 1.22. The molecule has 0 aromatic rings. The van der Waals surface area contributed by atoms with E-state index in [9.17, 15) is 0 Å². The van der Waals surface area contributed by atoms with E-state index in [0.717, 1.165) is 0 Å². The molecule has 1 unspecified atom stereocenters. The SMILES string of the molecule is CC(O)CC(C)(C)O.OCC(O)CO. The van der Waals surface area contributed by atoms with E-state index in [0.29, 0.717) is 6.42 Å². The Morgan fingerprint density at radius 1 is 1.07 bits per heavy atom. The van der Waals surface area contributed by atoms with E-state index < -0.39 is 17.8 Å². The van der Waals surface area contributed by atoms with Crippen molar-refractivity contribution < 1.29 is 25.5 Å². The van der Waals surface area contributed by atoms with Crippen LogP contribution in [0.5, 0.6) is 0 Å². The molecule has 0 heterocycles. The first kappa shape index (κ1) is 16.2. The molecule has 0 amide bonds. The van der Waals surface area contributed by atoms with E-state index in [1.165, 1.54) is 0 Å². The molecule has 0 spiro atoms. The summed E-state index contributed by atoms with van der Waals surface area (Å²) in [7, 11) is 0. The normalized spacial score (nSPS) is 13.5. The van der Waals surface area contributed by atoms with Crippen molar-refractivity contribution in [2.24, 2.45) is 0 Å². The number of aliphatic hydroxyl groups excluding tert-OH is 4. The molecule has 5 nitrogen and oxygen atoms in total. The van der Waals surface area contributed by atoms with E-state index in [1.807, 2.05) is 0 Å². The first-order chi connectivity index (χ1) is 6.22. The van der Waals surface area contributed by atoms with E-state index >= 15 is 0 Å². The lowest BCUT2D eigenvalue weighted by atomic mass is 10.0. The Labute approximate surface area is 84.6 Å². The van der Waals surface area contributed by atoms with Crippen molar-refractivity contribution in [3.05, 3.63) is 0 Å². The van der Waals surface area contributed by atoms with Crippen molar-refractivity contribution in [2.45, 2.75) is 45.0 Å². The van der Waals surface area contributed by atoms with Crippen LogP contribution in [0.2, 0.25) is 0 Å². The highest BCUT2D eigenvalue weighted by Gasteiger charge is 2.14. The number of hydrogen-bond donors (Lipinski definition) is 5. The Morgan fingerprint density at radius 3 is 1.43 bits per heavy atom. The fourth-order valence-corrected chi connectivity index (χ4v) is 0.781. The molecule has 1 atom stereocenters. The highest BCUT2D eigenvalue weighted by atomic mass is 16.3. The maximum absolute atomic E-state index is 9.03. The molecule has 0 aliphatic rings. The molecule has 0 saturated carbocycles. The summed E-state index contributed by atoms with van der Waals surface area (Å²) >= 11 is 0. The van der Waals surface area contributed by atoms with Crippen LogP contribution in [-0.4, -0.2) is 56.6 Å². The van der Waals surface area contributed by atoms with Gasteiger partial charge < -0.3 is 25.5 Å². The first-order valence-corrected chi connectivity index (χ1v) is 4.53. The van der Waals surface area contributed by atoms with E-state index in [4.69, 9.17) is 25.5 Å². The lowest BCUT2D eigenvalue weighted by Gasteiger charge is -2.17. The summed E-state index contributed by atoms with van der Waals surface area (Å²) in [6.45, 7) is 4.30. The van der Waals surface area contributed by atoms with Gasteiger partial charge in [-0.25, -0.2) is 0 Å². The Kier molecular flexibility index (Phi) is 9.44. The molecule has 0 aromatic carbocycles. The third-order valence-electron chi connectivity index (χ3n) is 1.22. The van der Waals surface area contributed by atoms with Crippen LogP contribution < -0.4 is 0 Å². The molecule has 0 radical (unpaired) electrons. The molecule has 0 fully saturated rings. The van der Waals surface area contributed by atoms with Gasteiger partial charge in [0, 0.05) is 6.42 Å². The Morgan fingerprint density at radius 2 is 1.43 bits per heavy atom. The largest absolute Gasteiger partial charge is 0.394 e. The lowest BCUT2D eigenvalue weighted by Crippen LogP contribution is -2.24. The molecule has 5 heteroatoms. The Balaban J connectivity index is 0. The Bertz CT molecular complexity index is 115. The summed E-state index contributed by atoms with van der Waals surface area (Å²) in [5, 5.41) is 41.8. The monoisotopic (exact) mass is 210 g/mol. The van der Waals surface area contributed by atoms with Crippen LogP contribution in [0.3, 0.4) is 0 Å². The highest BCUT2D eigenvalue weighted by molar-refractivity contribution is 4.67. The molecule has 0 rings (SSSR count). The second-order valence-corrected chi connectivity index (χ2v) is 3.88. The van der Waals surface area contributed by atoms with Crippen LogP contribution in [-0.2, 0) is 0 Å². The Hall–Kier alpha value is -0.200. The fraction of sp³-hybridized carbons (Fsp3) is 1.00. The van der Waals surface area contributed by atoms with E-state index in [1.54, 1.807) is 20.8 Å². The van der Waals surface area contributed by atoms with E-state index in [-0.39, 0.29) is 13.2 Å². The maximum atomic E-state index is 9.03. The van der Waals surface area contributed by atoms with Crippen LogP contribution in [0.1, 0.15) is 27.2 Å². The minimum Gasteiger partial charge on any atom is -0.394 e. The van der Waals surface area contributed by atoms with Crippen molar-refractivity contribution in [1.29, 1.82) is 0 Å². The lowest BCUT2D eigenvalue weighted by molar-refractivity contribution is 0.0249. The predicted molar refractivity (Wildman–Crippen MR) is 52.8 cm³/mol. The topological polar surface area (TPSA) is 101 Å². The van der Waals surface area contributed by atoms with Gasteiger partial charge in [0.1, 0.15) is 6.10 Å². The van der Waals surface area contributed by atoms with Gasteiger partial charge in [-0.1, -0.05) is 0 Å². The molecule has 0 saturated heterocycles. The van der Waals surface area contributed by atoms with Crippen LogP contribution in [0, 0.1) is 0 Å². The van der Waals surface area contributed by atoms with Gasteiger partial charge in [0.2, 0.25) is 0 Å². The van der Waals surface area contributed by atoms with Gasteiger partial charge in [-0.3, -0.25) is 0 Å². The third kappa shape index (κ3) is 17.8. The molecule has 14 heavy (non-hydrogen) atoms. The van der Waals surface area contributed by atoms with Gasteiger partial charge >= 0.3 is 0 Å². The molecular formula is C9H22O5. The summed E-state index contributed by atoms with van der Waals surface area (Å²) in [6, 6.07) is 0. The molecule has 88 valence electrons. The zero-order chi connectivity index (χ0) is 11.8. The standard InChI is InChI=1S/C6H14O2.C3H8O3/c1-5(7)4-6(2,3)8;4-1-3(6)2-5/h5,7-8H,4H2,1-3H3;3-6H,1-2H2. The van der Waals surface area contributed by atoms with Crippen LogP contribution in [0.25, 0.3) is 0 Å². The minimum atomic E-state index is -0.954. The van der Waals surface area contributed by atoms with Crippen molar-refractivity contribution in [3.8, 4) is 0 Å². The van der Waals surface area contributed by atoms with Gasteiger partial charge in [0.15, 0.2) is 0 Å². The zero-order valence-corrected chi connectivity index (χ0v) is 9.01. The second kappa shape index (κ2) is 8.14. The average molecular weight is 210 g/mol. The zero-order valence-electron chi connectivity index (χ0n) is 9.01. The fourth-order valence-electron chi connectivity index (χ4n) is 0.781. The molecule has 0 bridgehead atoms. The highest BCUT2D eigenvalue weighted by Crippen LogP contribution is 2.09. The van der Waals surface area contributed by atoms with Crippen LogP contribution in [0.4, 0.5) is 0 Å². The summed E-state index contributed by atoms with van der Waals surface area (Å²) in [6.07, 6.45) is -0.924. The minimum absolute atomic E-state index is 0.365. The number of hydrogen-bond acceptors (Lipinski definition) is 5. The summed E-state index contributed by atoms with van der Waals surface area (Å²) in [4.78, 5) is 0. The first-order valence-electron chi connectivity index (χ1n) is 4.53. The van der Waals surface area contributed by atoms with Crippen molar-refractivity contribution in [3.63, 3.8) is 0 Å². The van der Waals surface area contributed by atoms with Crippen LogP contribution >= 0.6 is 0 Å². The van der Waals surface area contributed by atoms with Crippen molar-refractivity contribution in [2.75, 3.05) is 13.2 Å². The van der Waals surface area contributed by atoms with Gasteiger partial charge in [-0.05, 0) is 20.8 Å². The van der Waals surface area contributed by atoms with Gasteiger partial charge in [-0.2, -0.15) is 0 Å². The molecule has 5 N–H and O–H groups in total. The second-order valence-electron chi connectivity index (χ2n) is 3.88. The maximum Gasteiger partial charge on any atom is 0.100 e. The summed E-state index contributed by atoms with van der Waals surface area (Å²) in [5.74, 6) is 0. The van der Waals surface area contributed by atoms with Crippen LogP contribution in [0.15, 0.2) is 0 Å². The molecular weight excluding hydrogens is 188 g/mol. The smallest absolute Gasteiger partial charge is 0.100 e.